The molecular weight excluding hydrogens is 222 g/mol. The van der Waals surface area contributed by atoms with E-state index < -0.39 is 0 Å². The van der Waals surface area contributed by atoms with Gasteiger partial charge in [0.05, 0.1) is 17.6 Å². The summed E-state index contributed by atoms with van der Waals surface area (Å²) in [5, 5.41) is 0. The van der Waals surface area contributed by atoms with Crippen LogP contribution in [-0.2, 0) is 6.54 Å². The van der Waals surface area contributed by atoms with E-state index >= 15 is 0 Å². The van der Waals surface area contributed by atoms with Crippen LogP contribution in [0, 0.1) is 12.3 Å². The summed E-state index contributed by atoms with van der Waals surface area (Å²) >= 11 is 0. The molecule has 86 valence electrons. The van der Waals surface area contributed by atoms with Crippen molar-refractivity contribution in [3.8, 4) is 23.7 Å². The Kier molecular flexibility index (Phi) is 2.54. The molecule has 2 heterocycles. The zero-order chi connectivity index (χ0) is 12.4. The molecule has 0 atom stereocenters. The predicted octanol–water partition coefficient (Wildman–Crippen LogP) is 2.73. The number of pyridine rings is 1. The second-order valence-electron chi connectivity index (χ2n) is 3.95. The van der Waals surface area contributed by atoms with E-state index in [0.29, 0.717) is 6.54 Å². The summed E-state index contributed by atoms with van der Waals surface area (Å²) in [6, 6.07) is 11.9. The van der Waals surface area contributed by atoms with Crippen molar-refractivity contribution in [1.29, 1.82) is 0 Å². The van der Waals surface area contributed by atoms with Gasteiger partial charge in [0.25, 0.3) is 0 Å². The quantitative estimate of drug-likeness (QED) is 0.637. The summed E-state index contributed by atoms with van der Waals surface area (Å²) in [5.74, 6) is 3.57. The van der Waals surface area contributed by atoms with Crippen molar-refractivity contribution in [2.45, 2.75) is 6.54 Å². The highest BCUT2D eigenvalue weighted by atomic mass is 15.1. The first-order valence-electron chi connectivity index (χ1n) is 5.69. The number of hydrogen-bond acceptors (Lipinski definition) is 2. The van der Waals surface area contributed by atoms with Crippen molar-refractivity contribution in [3.63, 3.8) is 0 Å². The second kappa shape index (κ2) is 4.34. The van der Waals surface area contributed by atoms with Crippen molar-refractivity contribution >= 4 is 11.0 Å². The summed E-state index contributed by atoms with van der Waals surface area (Å²) in [4.78, 5) is 8.66. The van der Waals surface area contributed by atoms with Crippen LogP contribution in [0.3, 0.4) is 0 Å². The Hall–Kier alpha value is -2.60. The summed E-state index contributed by atoms with van der Waals surface area (Å²) in [7, 11) is 0. The largest absolute Gasteiger partial charge is 0.312 e. The van der Waals surface area contributed by atoms with Crippen LogP contribution in [0.2, 0.25) is 0 Å². The molecular formula is C15H11N3. The van der Waals surface area contributed by atoms with E-state index in [1.54, 1.807) is 12.4 Å². The number of aromatic nitrogens is 3. The average Bonchev–Trinajstić information content (AvgIpc) is 2.80. The number of para-hydroxylation sites is 2. The van der Waals surface area contributed by atoms with Gasteiger partial charge in [-0.25, -0.2) is 4.98 Å². The van der Waals surface area contributed by atoms with Gasteiger partial charge in [-0.15, -0.1) is 6.42 Å². The number of rotatable bonds is 2. The standard InChI is InChI=1S/C15H11N3/c1-2-11-18-14-6-4-3-5-13(14)17-15(18)12-7-9-16-10-8-12/h1,3-10H,11H2. The van der Waals surface area contributed by atoms with Crippen LogP contribution >= 0.6 is 0 Å². The SMILES string of the molecule is C#CCn1c(-c2ccncc2)nc2ccccc21. The smallest absolute Gasteiger partial charge is 0.142 e. The number of terminal acetylenes is 1. The molecule has 3 rings (SSSR count). The van der Waals surface area contributed by atoms with E-state index in [4.69, 9.17) is 6.42 Å². The van der Waals surface area contributed by atoms with E-state index in [1.165, 1.54) is 0 Å². The Morgan fingerprint density at radius 1 is 1.11 bits per heavy atom. The highest BCUT2D eigenvalue weighted by molar-refractivity contribution is 5.80. The van der Waals surface area contributed by atoms with E-state index in [1.807, 2.05) is 41.0 Å². The van der Waals surface area contributed by atoms with E-state index in [9.17, 15) is 0 Å². The molecule has 0 N–H and O–H groups in total. The Bertz CT molecular complexity index is 720. The lowest BCUT2D eigenvalue weighted by atomic mass is 10.2. The molecule has 0 spiro atoms. The second-order valence-corrected chi connectivity index (χ2v) is 3.95. The monoisotopic (exact) mass is 233 g/mol. The van der Waals surface area contributed by atoms with Gasteiger partial charge < -0.3 is 4.57 Å². The summed E-state index contributed by atoms with van der Waals surface area (Å²) in [6.07, 6.45) is 8.96. The molecule has 0 amide bonds. The minimum absolute atomic E-state index is 0.512. The van der Waals surface area contributed by atoms with Gasteiger partial charge >= 0.3 is 0 Å². The van der Waals surface area contributed by atoms with Crippen LogP contribution in [0.25, 0.3) is 22.4 Å². The fraction of sp³-hybridized carbons (Fsp3) is 0.0667. The van der Waals surface area contributed by atoms with Gasteiger partial charge in [-0.1, -0.05) is 18.1 Å². The highest BCUT2D eigenvalue weighted by Crippen LogP contribution is 2.23. The Morgan fingerprint density at radius 2 is 1.89 bits per heavy atom. The van der Waals surface area contributed by atoms with Gasteiger partial charge in [0.1, 0.15) is 5.82 Å². The lowest BCUT2D eigenvalue weighted by Crippen LogP contribution is -1.98. The number of benzene rings is 1. The number of hydrogen-bond donors (Lipinski definition) is 0. The van der Waals surface area contributed by atoms with Crippen molar-refractivity contribution in [2.24, 2.45) is 0 Å². The van der Waals surface area contributed by atoms with Gasteiger partial charge in [0.2, 0.25) is 0 Å². The molecule has 0 radical (unpaired) electrons. The van der Waals surface area contributed by atoms with E-state index in [0.717, 1.165) is 22.4 Å². The molecule has 0 unspecified atom stereocenters. The molecule has 1 aromatic carbocycles. The van der Waals surface area contributed by atoms with Crippen LogP contribution in [-0.4, -0.2) is 14.5 Å². The van der Waals surface area contributed by atoms with Gasteiger partial charge in [0, 0.05) is 18.0 Å². The fourth-order valence-electron chi connectivity index (χ4n) is 2.05. The summed E-state index contributed by atoms with van der Waals surface area (Å²) < 4.78 is 2.05. The third-order valence-corrected chi connectivity index (χ3v) is 2.84. The molecule has 0 bridgehead atoms. The van der Waals surface area contributed by atoms with Crippen LogP contribution < -0.4 is 0 Å². The van der Waals surface area contributed by atoms with E-state index in [2.05, 4.69) is 15.9 Å². The maximum Gasteiger partial charge on any atom is 0.142 e. The Morgan fingerprint density at radius 3 is 2.67 bits per heavy atom. The maximum atomic E-state index is 5.45. The summed E-state index contributed by atoms with van der Waals surface area (Å²) in [6.45, 7) is 0.512. The molecule has 0 aliphatic heterocycles. The Balaban J connectivity index is 2.29. The number of imidazole rings is 1. The normalized spacial score (nSPS) is 10.4. The zero-order valence-corrected chi connectivity index (χ0v) is 9.74. The predicted molar refractivity (Wildman–Crippen MR) is 71.8 cm³/mol. The van der Waals surface area contributed by atoms with Crippen molar-refractivity contribution in [1.82, 2.24) is 14.5 Å². The van der Waals surface area contributed by atoms with Crippen molar-refractivity contribution < 1.29 is 0 Å². The first-order valence-corrected chi connectivity index (χ1v) is 5.69. The van der Waals surface area contributed by atoms with Crippen LogP contribution in [0.5, 0.6) is 0 Å². The average molecular weight is 233 g/mol. The Labute approximate surface area is 105 Å². The molecule has 0 saturated heterocycles. The minimum Gasteiger partial charge on any atom is -0.312 e. The van der Waals surface area contributed by atoms with Crippen LogP contribution in [0.4, 0.5) is 0 Å². The first-order chi connectivity index (χ1) is 8.90. The molecule has 2 aromatic heterocycles. The summed E-state index contributed by atoms with van der Waals surface area (Å²) in [5.41, 5.74) is 3.04. The van der Waals surface area contributed by atoms with Crippen LogP contribution in [0.1, 0.15) is 0 Å². The van der Waals surface area contributed by atoms with Gasteiger partial charge in [-0.05, 0) is 24.3 Å². The molecule has 0 aliphatic carbocycles. The van der Waals surface area contributed by atoms with E-state index in [-0.39, 0.29) is 0 Å². The topological polar surface area (TPSA) is 30.7 Å². The van der Waals surface area contributed by atoms with Gasteiger partial charge in [-0.3, -0.25) is 4.98 Å². The lowest BCUT2D eigenvalue weighted by Gasteiger charge is -2.04. The molecule has 0 aliphatic rings. The first kappa shape index (κ1) is 10.5. The van der Waals surface area contributed by atoms with Crippen molar-refractivity contribution in [3.05, 3.63) is 48.8 Å². The highest BCUT2D eigenvalue weighted by Gasteiger charge is 2.10. The fourth-order valence-corrected chi connectivity index (χ4v) is 2.05. The molecule has 3 nitrogen and oxygen atoms in total. The van der Waals surface area contributed by atoms with Crippen molar-refractivity contribution in [2.75, 3.05) is 0 Å². The minimum atomic E-state index is 0.512. The third-order valence-electron chi connectivity index (χ3n) is 2.84. The lowest BCUT2D eigenvalue weighted by molar-refractivity contribution is 0.881. The number of nitrogens with zero attached hydrogens (tertiary/aromatic N) is 3. The van der Waals surface area contributed by atoms with Crippen LogP contribution in [0.15, 0.2) is 48.8 Å². The third kappa shape index (κ3) is 1.64. The van der Waals surface area contributed by atoms with Gasteiger partial charge in [0.15, 0.2) is 0 Å². The molecule has 0 fully saturated rings. The molecule has 0 saturated carbocycles. The zero-order valence-electron chi connectivity index (χ0n) is 9.74. The van der Waals surface area contributed by atoms with Gasteiger partial charge in [-0.2, -0.15) is 0 Å². The molecule has 3 heteroatoms. The number of fused-ring (bicyclic) bond motifs is 1. The molecule has 18 heavy (non-hydrogen) atoms. The molecule has 3 aromatic rings. The maximum absolute atomic E-state index is 5.45.